The van der Waals surface area contributed by atoms with Crippen molar-refractivity contribution in [3.8, 4) is 5.75 Å². The largest absolute Gasteiger partial charge is 0.493 e. The van der Waals surface area contributed by atoms with Gasteiger partial charge in [-0.25, -0.2) is 0 Å². The van der Waals surface area contributed by atoms with Crippen molar-refractivity contribution in [1.82, 2.24) is 4.90 Å². The summed E-state index contributed by atoms with van der Waals surface area (Å²) in [6, 6.07) is 5.72. The molecule has 0 radical (unpaired) electrons. The fourth-order valence-corrected chi connectivity index (χ4v) is 2.22. The summed E-state index contributed by atoms with van der Waals surface area (Å²) in [4.78, 5) is 24.1. The number of carbonyl (C=O) groups is 2. The average molecular weight is 305 g/mol. The van der Waals surface area contributed by atoms with E-state index in [9.17, 15) is 9.59 Å². The zero-order chi connectivity index (χ0) is 15.9. The molecule has 0 unspecified atom stereocenters. The van der Waals surface area contributed by atoms with Gasteiger partial charge in [-0.2, -0.15) is 0 Å². The fraction of sp³-hybridized carbons (Fsp3) is 0.375. The van der Waals surface area contributed by atoms with Crippen LogP contribution in [0.3, 0.4) is 0 Å². The maximum absolute atomic E-state index is 12.1. The Morgan fingerprint density at radius 2 is 2.27 bits per heavy atom. The Bertz CT molecular complexity index is 582. The van der Waals surface area contributed by atoms with Crippen LogP contribution in [0.4, 0.5) is 0 Å². The van der Waals surface area contributed by atoms with Crippen molar-refractivity contribution in [2.75, 3.05) is 33.4 Å². The first-order valence-corrected chi connectivity index (χ1v) is 7.03. The Morgan fingerprint density at radius 3 is 3.00 bits per heavy atom. The summed E-state index contributed by atoms with van der Waals surface area (Å²) >= 11 is 0. The second-order valence-electron chi connectivity index (χ2n) is 4.95. The van der Waals surface area contributed by atoms with E-state index in [0.717, 1.165) is 23.3 Å². The Morgan fingerprint density at radius 1 is 1.45 bits per heavy atom. The van der Waals surface area contributed by atoms with Crippen LogP contribution in [0, 0.1) is 0 Å². The third-order valence-electron chi connectivity index (χ3n) is 3.33. The molecule has 1 aromatic carbocycles. The van der Waals surface area contributed by atoms with Gasteiger partial charge in [0, 0.05) is 26.2 Å². The number of methoxy groups -OCH3 is 1. The molecule has 6 nitrogen and oxygen atoms in total. The maximum Gasteiger partial charge on any atom is 0.323 e. The highest BCUT2D eigenvalue weighted by molar-refractivity contribution is 5.93. The minimum absolute atomic E-state index is 0.240. The maximum atomic E-state index is 12.1. The van der Waals surface area contributed by atoms with Crippen LogP contribution >= 0.6 is 0 Å². The quantitative estimate of drug-likeness (QED) is 0.766. The average Bonchev–Trinajstić information content (AvgIpc) is 2.96. The number of fused-ring (bicyclic) bond motifs is 1. The molecule has 0 saturated heterocycles. The molecule has 1 heterocycles. The van der Waals surface area contributed by atoms with Gasteiger partial charge < -0.3 is 19.5 Å². The van der Waals surface area contributed by atoms with E-state index >= 15 is 0 Å². The molecule has 6 heteroatoms. The van der Waals surface area contributed by atoms with Gasteiger partial charge in [0.05, 0.1) is 13.2 Å². The van der Waals surface area contributed by atoms with Crippen molar-refractivity contribution < 1.29 is 24.2 Å². The van der Waals surface area contributed by atoms with Crippen LogP contribution in [0.2, 0.25) is 0 Å². The number of hydrogen-bond donors (Lipinski definition) is 1. The minimum atomic E-state index is -1.05. The van der Waals surface area contributed by atoms with Crippen LogP contribution in [0.25, 0.3) is 6.08 Å². The molecular weight excluding hydrogens is 286 g/mol. The smallest absolute Gasteiger partial charge is 0.323 e. The summed E-state index contributed by atoms with van der Waals surface area (Å²) < 4.78 is 10.3. The minimum Gasteiger partial charge on any atom is -0.493 e. The first kappa shape index (κ1) is 16.0. The second kappa shape index (κ2) is 7.61. The zero-order valence-corrected chi connectivity index (χ0v) is 12.4. The Balaban J connectivity index is 2.02. The number of amides is 1. The van der Waals surface area contributed by atoms with Gasteiger partial charge in [-0.05, 0) is 29.3 Å². The molecule has 118 valence electrons. The Labute approximate surface area is 128 Å². The lowest BCUT2D eigenvalue weighted by Crippen LogP contribution is -2.36. The van der Waals surface area contributed by atoms with Crippen LogP contribution < -0.4 is 4.74 Å². The van der Waals surface area contributed by atoms with Crippen molar-refractivity contribution in [3.05, 3.63) is 35.4 Å². The monoisotopic (exact) mass is 305 g/mol. The van der Waals surface area contributed by atoms with Crippen LogP contribution in [0.1, 0.15) is 11.1 Å². The molecule has 0 aliphatic carbocycles. The van der Waals surface area contributed by atoms with Crippen molar-refractivity contribution in [2.45, 2.75) is 6.42 Å². The number of aliphatic carboxylic acids is 1. The van der Waals surface area contributed by atoms with Gasteiger partial charge in [0.1, 0.15) is 12.3 Å². The normalized spacial score (nSPS) is 13.0. The Hall–Kier alpha value is -2.34. The molecule has 1 aliphatic rings. The molecule has 22 heavy (non-hydrogen) atoms. The molecule has 1 N–H and O–H groups in total. The molecule has 0 bridgehead atoms. The van der Waals surface area contributed by atoms with E-state index in [4.69, 9.17) is 14.6 Å². The highest BCUT2D eigenvalue weighted by Crippen LogP contribution is 2.26. The molecule has 0 saturated carbocycles. The first-order chi connectivity index (χ1) is 10.6. The Kier molecular flexibility index (Phi) is 5.55. The number of hydrogen-bond acceptors (Lipinski definition) is 4. The number of nitrogens with zero attached hydrogens (tertiary/aromatic N) is 1. The van der Waals surface area contributed by atoms with Gasteiger partial charge in [0.15, 0.2) is 0 Å². The van der Waals surface area contributed by atoms with Gasteiger partial charge in [0.2, 0.25) is 5.91 Å². The van der Waals surface area contributed by atoms with Crippen molar-refractivity contribution in [3.63, 3.8) is 0 Å². The molecule has 0 atom stereocenters. The number of carboxylic acids is 1. The number of ether oxygens (including phenoxy) is 2. The van der Waals surface area contributed by atoms with Gasteiger partial charge >= 0.3 is 5.97 Å². The van der Waals surface area contributed by atoms with Gasteiger partial charge in [0.25, 0.3) is 0 Å². The molecule has 1 aliphatic heterocycles. The SMILES string of the molecule is COCCN(CC(=O)O)C(=O)/C=C/c1ccc2c(c1)CCO2. The van der Waals surface area contributed by atoms with E-state index in [0.29, 0.717) is 13.2 Å². The number of benzene rings is 1. The van der Waals surface area contributed by atoms with E-state index in [1.54, 1.807) is 6.08 Å². The summed E-state index contributed by atoms with van der Waals surface area (Å²) in [5.74, 6) is -0.514. The van der Waals surface area contributed by atoms with Gasteiger partial charge in [-0.15, -0.1) is 0 Å². The van der Waals surface area contributed by atoms with E-state index < -0.39 is 5.97 Å². The predicted octanol–water partition coefficient (Wildman–Crippen LogP) is 1.19. The topological polar surface area (TPSA) is 76.1 Å². The van der Waals surface area contributed by atoms with Crippen molar-refractivity contribution in [1.29, 1.82) is 0 Å². The molecule has 1 amide bonds. The summed E-state index contributed by atoms with van der Waals surface area (Å²) in [6.07, 6.45) is 3.93. The van der Waals surface area contributed by atoms with Crippen LogP contribution in [0.5, 0.6) is 5.75 Å². The van der Waals surface area contributed by atoms with Crippen LogP contribution in [-0.4, -0.2) is 55.3 Å². The predicted molar refractivity (Wildman–Crippen MR) is 80.8 cm³/mol. The highest BCUT2D eigenvalue weighted by atomic mass is 16.5. The zero-order valence-electron chi connectivity index (χ0n) is 12.4. The fourth-order valence-electron chi connectivity index (χ4n) is 2.22. The highest BCUT2D eigenvalue weighted by Gasteiger charge is 2.14. The molecule has 2 rings (SSSR count). The third-order valence-corrected chi connectivity index (χ3v) is 3.33. The third kappa shape index (κ3) is 4.33. The first-order valence-electron chi connectivity index (χ1n) is 7.03. The number of rotatable bonds is 7. The summed E-state index contributed by atoms with van der Waals surface area (Å²) in [7, 11) is 1.51. The molecule has 0 fully saturated rings. The van der Waals surface area contributed by atoms with Crippen LogP contribution in [0.15, 0.2) is 24.3 Å². The summed E-state index contributed by atoms with van der Waals surface area (Å²) in [5, 5.41) is 8.85. The molecule has 1 aromatic rings. The molecule has 0 aromatic heterocycles. The van der Waals surface area contributed by atoms with E-state index in [1.807, 2.05) is 18.2 Å². The van der Waals surface area contributed by atoms with Crippen molar-refractivity contribution in [2.24, 2.45) is 0 Å². The summed E-state index contributed by atoms with van der Waals surface area (Å²) in [5.41, 5.74) is 2.01. The number of carboxylic acid groups (broad SMARTS) is 1. The van der Waals surface area contributed by atoms with Gasteiger partial charge in [-0.3, -0.25) is 9.59 Å². The lowest BCUT2D eigenvalue weighted by molar-refractivity contribution is -0.143. The standard InChI is InChI=1S/C16H19NO5/c1-21-9-7-17(11-16(19)20)15(18)5-3-12-2-4-14-13(10-12)6-8-22-14/h2-5,10H,6-9,11H2,1H3,(H,19,20)/b5-3+. The van der Waals surface area contributed by atoms with E-state index in [2.05, 4.69) is 0 Å². The number of carbonyl (C=O) groups excluding carboxylic acids is 1. The van der Waals surface area contributed by atoms with Crippen LogP contribution in [-0.2, 0) is 20.7 Å². The molecular formula is C16H19NO5. The lowest BCUT2D eigenvalue weighted by atomic mass is 10.1. The van der Waals surface area contributed by atoms with E-state index in [1.165, 1.54) is 18.1 Å². The van der Waals surface area contributed by atoms with Crippen molar-refractivity contribution >= 4 is 18.0 Å². The molecule has 0 spiro atoms. The second-order valence-corrected chi connectivity index (χ2v) is 4.95. The van der Waals surface area contributed by atoms with E-state index in [-0.39, 0.29) is 19.0 Å². The lowest BCUT2D eigenvalue weighted by Gasteiger charge is -2.18. The van der Waals surface area contributed by atoms with Gasteiger partial charge in [-0.1, -0.05) is 6.07 Å². The summed E-state index contributed by atoms with van der Waals surface area (Å²) in [6.45, 7) is 0.877.